The van der Waals surface area contributed by atoms with Crippen LogP contribution in [-0.4, -0.2) is 16.1 Å². The number of H-pyrrole nitrogens is 1. The second-order valence-electron chi connectivity index (χ2n) is 5.68. The number of nitrogens with one attached hydrogen (secondary N) is 2. The molecular formula is C18H16F3N3OS. The molecular weight excluding hydrogens is 363 g/mol. The maximum atomic E-state index is 12.8. The van der Waals surface area contributed by atoms with Gasteiger partial charge in [0.25, 0.3) is 5.91 Å². The molecule has 3 rings (SSSR count). The average molecular weight is 379 g/mol. The highest BCUT2D eigenvalue weighted by molar-refractivity contribution is 7.12. The van der Waals surface area contributed by atoms with Crippen LogP contribution in [0.3, 0.4) is 0 Å². The van der Waals surface area contributed by atoms with Gasteiger partial charge in [0.1, 0.15) is 5.69 Å². The summed E-state index contributed by atoms with van der Waals surface area (Å²) in [4.78, 5) is 13.0. The van der Waals surface area contributed by atoms with Crippen molar-refractivity contribution in [3.63, 3.8) is 0 Å². The first kappa shape index (κ1) is 18.2. The van der Waals surface area contributed by atoms with Crippen LogP contribution in [0.2, 0.25) is 0 Å². The summed E-state index contributed by atoms with van der Waals surface area (Å²) in [6.07, 6.45) is -2.90. The summed E-state index contributed by atoms with van der Waals surface area (Å²) < 4.78 is 38.3. The highest BCUT2D eigenvalue weighted by Crippen LogP contribution is 2.34. The van der Waals surface area contributed by atoms with Gasteiger partial charge in [-0.25, -0.2) is 0 Å². The maximum absolute atomic E-state index is 12.8. The lowest BCUT2D eigenvalue weighted by Gasteiger charge is -2.09. The van der Waals surface area contributed by atoms with E-state index in [-0.39, 0.29) is 5.91 Å². The Balaban J connectivity index is 1.95. The van der Waals surface area contributed by atoms with E-state index in [2.05, 4.69) is 15.5 Å². The zero-order valence-corrected chi connectivity index (χ0v) is 14.7. The summed E-state index contributed by atoms with van der Waals surface area (Å²) in [7, 11) is 0. The Labute approximate surface area is 152 Å². The Morgan fingerprint density at radius 1 is 1.23 bits per heavy atom. The van der Waals surface area contributed by atoms with Crippen LogP contribution in [0.25, 0.3) is 11.3 Å². The Morgan fingerprint density at radius 3 is 2.54 bits per heavy atom. The van der Waals surface area contributed by atoms with Crippen molar-refractivity contribution < 1.29 is 18.0 Å². The number of aryl methyl sites for hydroxylation is 1. The predicted molar refractivity (Wildman–Crippen MR) is 95.3 cm³/mol. The summed E-state index contributed by atoms with van der Waals surface area (Å²) in [5, 5.41) is 11.7. The van der Waals surface area contributed by atoms with Crippen LogP contribution in [0.5, 0.6) is 0 Å². The standard InChI is InChI=1S/C18H16F3N3OS/c1-2-4-13-16(22-17(25)14-5-3-10-26-14)15(24-23-13)11-6-8-12(9-7-11)18(19,20)21/h3,5-10H,2,4H2,1H3,(H,22,25)(H,23,24). The van der Waals surface area contributed by atoms with E-state index in [1.54, 1.807) is 17.5 Å². The number of anilines is 1. The topological polar surface area (TPSA) is 57.8 Å². The Bertz CT molecular complexity index is 884. The molecule has 3 aromatic rings. The zero-order chi connectivity index (χ0) is 18.7. The minimum atomic E-state index is -4.40. The average Bonchev–Trinajstić information content (AvgIpc) is 3.25. The van der Waals surface area contributed by atoms with Gasteiger partial charge in [-0.1, -0.05) is 31.5 Å². The van der Waals surface area contributed by atoms with E-state index in [1.807, 2.05) is 6.92 Å². The Hall–Kier alpha value is -2.61. The largest absolute Gasteiger partial charge is 0.416 e. The number of amides is 1. The van der Waals surface area contributed by atoms with E-state index in [0.717, 1.165) is 24.2 Å². The fourth-order valence-electron chi connectivity index (χ4n) is 2.55. The molecule has 0 unspecified atom stereocenters. The molecule has 0 aliphatic carbocycles. The molecule has 0 radical (unpaired) electrons. The Kier molecular flexibility index (Phi) is 5.13. The molecule has 0 fully saturated rings. The second kappa shape index (κ2) is 7.33. The number of hydrogen-bond donors (Lipinski definition) is 2. The van der Waals surface area contributed by atoms with E-state index >= 15 is 0 Å². The maximum Gasteiger partial charge on any atom is 0.416 e. The van der Waals surface area contributed by atoms with Crippen LogP contribution in [0.4, 0.5) is 18.9 Å². The molecule has 1 amide bonds. The van der Waals surface area contributed by atoms with Gasteiger partial charge < -0.3 is 5.32 Å². The predicted octanol–water partition coefficient (Wildman–Crippen LogP) is 5.36. The molecule has 0 aliphatic heterocycles. The van der Waals surface area contributed by atoms with Crippen molar-refractivity contribution in [2.75, 3.05) is 5.32 Å². The number of carbonyl (C=O) groups is 1. The number of alkyl halides is 3. The number of hydrogen-bond acceptors (Lipinski definition) is 3. The molecule has 136 valence electrons. The summed E-state index contributed by atoms with van der Waals surface area (Å²) >= 11 is 1.31. The molecule has 0 aliphatic rings. The number of halogens is 3. The van der Waals surface area contributed by atoms with Crippen molar-refractivity contribution in [3.05, 3.63) is 57.9 Å². The lowest BCUT2D eigenvalue weighted by molar-refractivity contribution is -0.137. The van der Waals surface area contributed by atoms with Crippen molar-refractivity contribution in [2.45, 2.75) is 25.9 Å². The fourth-order valence-corrected chi connectivity index (χ4v) is 3.17. The number of aromatic amines is 1. The molecule has 26 heavy (non-hydrogen) atoms. The van der Waals surface area contributed by atoms with Crippen molar-refractivity contribution in [3.8, 4) is 11.3 Å². The molecule has 0 bridgehead atoms. The number of nitrogens with zero attached hydrogens (tertiary/aromatic N) is 1. The minimum Gasteiger partial charge on any atom is -0.318 e. The second-order valence-corrected chi connectivity index (χ2v) is 6.63. The summed E-state index contributed by atoms with van der Waals surface area (Å²) in [6.45, 7) is 1.99. The van der Waals surface area contributed by atoms with E-state index in [1.165, 1.54) is 23.5 Å². The molecule has 0 saturated heterocycles. The van der Waals surface area contributed by atoms with Gasteiger partial charge in [-0.05, 0) is 30.0 Å². The first-order valence-electron chi connectivity index (χ1n) is 8.00. The van der Waals surface area contributed by atoms with E-state index in [0.29, 0.717) is 28.2 Å². The highest BCUT2D eigenvalue weighted by Gasteiger charge is 2.30. The molecule has 2 N–H and O–H groups in total. The first-order chi connectivity index (χ1) is 12.4. The van der Waals surface area contributed by atoms with Crippen molar-refractivity contribution in [2.24, 2.45) is 0 Å². The number of carbonyl (C=O) groups excluding carboxylic acids is 1. The van der Waals surface area contributed by atoms with Gasteiger partial charge in [0.2, 0.25) is 0 Å². The number of thiophene rings is 1. The number of benzene rings is 1. The molecule has 0 spiro atoms. The third-order valence-corrected chi connectivity index (χ3v) is 4.68. The highest BCUT2D eigenvalue weighted by atomic mass is 32.1. The van der Waals surface area contributed by atoms with Gasteiger partial charge in [-0.2, -0.15) is 18.3 Å². The van der Waals surface area contributed by atoms with Crippen molar-refractivity contribution in [1.29, 1.82) is 0 Å². The lowest BCUT2D eigenvalue weighted by Crippen LogP contribution is -2.12. The number of aromatic nitrogens is 2. The van der Waals surface area contributed by atoms with E-state index in [4.69, 9.17) is 0 Å². The lowest BCUT2D eigenvalue weighted by atomic mass is 10.1. The van der Waals surface area contributed by atoms with Crippen LogP contribution >= 0.6 is 11.3 Å². The van der Waals surface area contributed by atoms with Gasteiger partial charge in [-0.3, -0.25) is 9.89 Å². The third-order valence-electron chi connectivity index (χ3n) is 3.81. The molecule has 2 heterocycles. The third kappa shape index (κ3) is 3.80. The van der Waals surface area contributed by atoms with Gasteiger partial charge in [0.05, 0.1) is 21.8 Å². The number of rotatable bonds is 5. The zero-order valence-electron chi connectivity index (χ0n) is 13.9. The van der Waals surface area contributed by atoms with Crippen molar-refractivity contribution in [1.82, 2.24) is 10.2 Å². The molecule has 8 heteroatoms. The summed E-state index contributed by atoms with van der Waals surface area (Å²) in [5.74, 6) is -0.271. The monoisotopic (exact) mass is 379 g/mol. The molecule has 0 saturated carbocycles. The van der Waals surface area contributed by atoms with Gasteiger partial charge in [-0.15, -0.1) is 11.3 Å². The van der Waals surface area contributed by atoms with Crippen LogP contribution in [0, 0.1) is 0 Å². The van der Waals surface area contributed by atoms with Crippen LogP contribution in [0.1, 0.15) is 34.3 Å². The SMILES string of the molecule is CCCc1[nH]nc(-c2ccc(C(F)(F)F)cc2)c1NC(=O)c1cccs1. The van der Waals surface area contributed by atoms with Gasteiger partial charge in [0.15, 0.2) is 0 Å². The normalized spacial score (nSPS) is 11.5. The molecule has 2 aromatic heterocycles. The van der Waals surface area contributed by atoms with Crippen molar-refractivity contribution >= 4 is 22.9 Å². The van der Waals surface area contributed by atoms with E-state index in [9.17, 15) is 18.0 Å². The summed E-state index contributed by atoms with van der Waals surface area (Å²) in [6, 6.07) is 8.21. The smallest absolute Gasteiger partial charge is 0.318 e. The van der Waals surface area contributed by atoms with Crippen LogP contribution < -0.4 is 5.32 Å². The minimum absolute atomic E-state index is 0.271. The molecule has 0 atom stereocenters. The quantitative estimate of drug-likeness (QED) is 0.627. The molecule has 4 nitrogen and oxygen atoms in total. The Morgan fingerprint density at radius 2 is 1.96 bits per heavy atom. The summed E-state index contributed by atoms with van der Waals surface area (Å²) in [5.41, 5.74) is 1.44. The van der Waals surface area contributed by atoms with Gasteiger partial charge in [0, 0.05) is 5.56 Å². The first-order valence-corrected chi connectivity index (χ1v) is 8.88. The van der Waals surface area contributed by atoms with Crippen LogP contribution in [0.15, 0.2) is 41.8 Å². The van der Waals surface area contributed by atoms with Gasteiger partial charge >= 0.3 is 6.18 Å². The van der Waals surface area contributed by atoms with Crippen LogP contribution in [-0.2, 0) is 12.6 Å². The fraction of sp³-hybridized carbons (Fsp3) is 0.222. The molecule has 1 aromatic carbocycles. The van der Waals surface area contributed by atoms with E-state index < -0.39 is 11.7 Å².